The Labute approximate surface area is 82.0 Å². The molecule has 0 saturated heterocycles. The molecule has 1 aromatic carbocycles. The van der Waals surface area contributed by atoms with Crippen LogP contribution in [-0.2, 0) is 4.79 Å². The maximum atomic E-state index is 10.7. The van der Waals surface area contributed by atoms with Crippen molar-refractivity contribution < 1.29 is 15.0 Å². The lowest BCUT2D eigenvalue weighted by atomic mass is 9.96. The van der Waals surface area contributed by atoms with Crippen molar-refractivity contribution >= 4 is 5.97 Å². The second-order valence-electron chi connectivity index (χ2n) is 3.31. The lowest BCUT2D eigenvalue weighted by Gasteiger charge is -2.14. The largest absolute Gasteiger partial charge is 0.508 e. The Kier molecular flexibility index (Phi) is 2.76. The number of rotatable bonds is 2. The lowest BCUT2D eigenvalue weighted by Crippen LogP contribution is -2.22. The number of carboxylic acids is 1. The first-order valence-corrected chi connectivity index (χ1v) is 4.22. The lowest BCUT2D eigenvalue weighted by molar-refractivity contribution is -0.138. The number of benzene rings is 1. The molecule has 4 nitrogen and oxygen atoms in total. The van der Waals surface area contributed by atoms with Gasteiger partial charge in [0.05, 0.1) is 0 Å². The van der Waals surface area contributed by atoms with E-state index in [0.29, 0.717) is 16.7 Å². The van der Waals surface area contributed by atoms with E-state index in [0.717, 1.165) is 0 Å². The minimum absolute atomic E-state index is 0.126. The number of aryl methyl sites for hydroxylation is 2. The van der Waals surface area contributed by atoms with Crippen molar-refractivity contribution in [3.63, 3.8) is 0 Å². The third-order valence-corrected chi connectivity index (χ3v) is 2.16. The fourth-order valence-electron chi connectivity index (χ4n) is 1.57. The molecule has 0 aliphatic carbocycles. The topological polar surface area (TPSA) is 83.5 Å². The van der Waals surface area contributed by atoms with E-state index in [2.05, 4.69) is 0 Å². The van der Waals surface area contributed by atoms with Crippen LogP contribution in [0.4, 0.5) is 0 Å². The average molecular weight is 195 g/mol. The summed E-state index contributed by atoms with van der Waals surface area (Å²) in [5.41, 5.74) is 7.46. The maximum absolute atomic E-state index is 10.7. The molecule has 0 aromatic heterocycles. The van der Waals surface area contributed by atoms with Gasteiger partial charge in [-0.2, -0.15) is 0 Å². The molecule has 14 heavy (non-hydrogen) atoms. The molecule has 0 amide bonds. The Balaban J connectivity index is 3.27. The van der Waals surface area contributed by atoms with E-state index in [1.54, 1.807) is 13.8 Å². The summed E-state index contributed by atoms with van der Waals surface area (Å²) >= 11 is 0. The van der Waals surface area contributed by atoms with Gasteiger partial charge in [0.1, 0.15) is 11.8 Å². The Bertz CT molecular complexity index is 351. The van der Waals surface area contributed by atoms with Crippen molar-refractivity contribution in [1.82, 2.24) is 0 Å². The number of hydrogen-bond acceptors (Lipinski definition) is 3. The highest BCUT2D eigenvalue weighted by molar-refractivity contribution is 5.76. The summed E-state index contributed by atoms with van der Waals surface area (Å²) in [6.45, 7) is 3.45. The Morgan fingerprint density at radius 3 is 2.14 bits per heavy atom. The number of phenols is 1. The van der Waals surface area contributed by atoms with Crippen molar-refractivity contribution in [1.29, 1.82) is 0 Å². The zero-order chi connectivity index (χ0) is 10.9. The maximum Gasteiger partial charge on any atom is 0.325 e. The molecular formula is C10H13NO3. The molecule has 1 rings (SSSR count). The Morgan fingerprint density at radius 2 is 1.79 bits per heavy atom. The molecule has 1 aromatic rings. The zero-order valence-corrected chi connectivity index (χ0v) is 8.11. The number of aromatic hydroxyl groups is 1. The fraction of sp³-hybridized carbons (Fsp3) is 0.300. The van der Waals surface area contributed by atoms with Gasteiger partial charge < -0.3 is 15.9 Å². The SMILES string of the molecule is Cc1cc(O)cc(C)c1[C@@H](N)C(=O)O. The summed E-state index contributed by atoms with van der Waals surface area (Å²) in [5, 5.41) is 18.0. The second-order valence-corrected chi connectivity index (χ2v) is 3.31. The van der Waals surface area contributed by atoms with Gasteiger partial charge in [-0.3, -0.25) is 4.79 Å². The highest BCUT2D eigenvalue weighted by Crippen LogP contribution is 2.25. The van der Waals surface area contributed by atoms with Gasteiger partial charge in [0.2, 0.25) is 0 Å². The summed E-state index contributed by atoms with van der Waals surface area (Å²) in [4.78, 5) is 10.7. The first-order valence-electron chi connectivity index (χ1n) is 4.22. The number of carbonyl (C=O) groups is 1. The van der Waals surface area contributed by atoms with E-state index < -0.39 is 12.0 Å². The predicted molar refractivity (Wildman–Crippen MR) is 52.1 cm³/mol. The second kappa shape index (κ2) is 3.67. The van der Waals surface area contributed by atoms with Gasteiger partial charge >= 0.3 is 5.97 Å². The van der Waals surface area contributed by atoms with E-state index in [1.807, 2.05) is 0 Å². The molecule has 0 bridgehead atoms. The minimum Gasteiger partial charge on any atom is -0.508 e. The normalized spacial score (nSPS) is 12.5. The van der Waals surface area contributed by atoms with Gasteiger partial charge in [0, 0.05) is 0 Å². The molecule has 1 atom stereocenters. The molecule has 0 spiro atoms. The summed E-state index contributed by atoms with van der Waals surface area (Å²) < 4.78 is 0. The van der Waals surface area contributed by atoms with Crippen molar-refractivity contribution in [2.45, 2.75) is 19.9 Å². The van der Waals surface area contributed by atoms with Gasteiger partial charge in [-0.05, 0) is 42.7 Å². The Hall–Kier alpha value is -1.55. The predicted octanol–water partition coefficient (Wildman–Crippen LogP) is 1.09. The van der Waals surface area contributed by atoms with Gasteiger partial charge in [0.15, 0.2) is 0 Å². The number of carboxylic acid groups (broad SMARTS) is 1. The molecule has 0 radical (unpaired) electrons. The molecule has 0 aliphatic heterocycles. The van der Waals surface area contributed by atoms with Crippen molar-refractivity contribution in [2.24, 2.45) is 5.73 Å². The van der Waals surface area contributed by atoms with Crippen LogP contribution in [0.2, 0.25) is 0 Å². The molecule has 4 heteroatoms. The molecule has 76 valence electrons. The molecular weight excluding hydrogens is 182 g/mol. The fourth-order valence-corrected chi connectivity index (χ4v) is 1.57. The minimum atomic E-state index is -1.07. The summed E-state index contributed by atoms with van der Waals surface area (Å²) in [6.07, 6.45) is 0. The van der Waals surface area contributed by atoms with Crippen LogP contribution in [-0.4, -0.2) is 16.2 Å². The molecule has 0 saturated carbocycles. The van der Waals surface area contributed by atoms with E-state index in [-0.39, 0.29) is 5.75 Å². The first kappa shape index (κ1) is 10.5. The van der Waals surface area contributed by atoms with Crippen LogP contribution in [0.25, 0.3) is 0 Å². The molecule has 0 unspecified atom stereocenters. The number of nitrogens with two attached hydrogens (primary N) is 1. The highest BCUT2D eigenvalue weighted by Gasteiger charge is 2.19. The Morgan fingerprint density at radius 1 is 1.36 bits per heavy atom. The average Bonchev–Trinajstić information content (AvgIpc) is 2.01. The highest BCUT2D eigenvalue weighted by atomic mass is 16.4. The van der Waals surface area contributed by atoms with Crippen LogP contribution >= 0.6 is 0 Å². The summed E-state index contributed by atoms with van der Waals surface area (Å²) in [5.74, 6) is -0.941. The van der Waals surface area contributed by atoms with Crippen molar-refractivity contribution in [3.05, 3.63) is 28.8 Å². The quantitative estimate of drug-likeness (QED) is 0.659. The molecule has 0 fully saturated rings. The van der Waals surface area contributed by atoms with E-state index in [9.17, 15) is 9.90 Å². The van der Waals surface area contributed by atoms with Gasteiger partial charge in [-0.25, -0.2) is 0 Å². The van der Waals surface area contributed by atoms with Gasteiger partial charge in [-0.1, -0.05) is 0 Å². The standard InChI is InChI=1S/C10H13NO3/c1-5-3-7(12)4-6(2)8(5)9(11)10(13)14/h3-4,9,12H,11H2,1-2H3,(H,13,14)/t9-/m1/s1. The third-order valence-electron chi connectivity index (χ3n) is 2.16. The van der Waals surface area contributed by atoms with Crippen molar-refractivity contribution in [3.8, 4) is 5.75 Å². The van der Waals surface area contributed by atoms with Gasteiger partial charge in [-0.15, -0.1) is 0 Å². The van der Waals surface area contributed by atoms with E-state index in [1.165, 1.54) is 12.1 Å². The van der Waals surface area contributed by atoms with E-state index >= 15 is 0 Å². The number of aliphatic carboxylic acids is 1. The molecule has 0 heterocycles. The van der Waals surface area contributed by atoms with Crippen LogP contribution in [0.15, 0.2) is 12.1 Å². The number of phenolic OH excluding ortho intramolecular Hbond substituents is 1. The summed E-state index contributed by atoms with van der Waals surface area (Å²) in [7, 11) is 0. The third kappa shape index (κ3) is 1.85. The smallest absolute Gasteiger partial charge is 0.325 e. The van der Waals surface area contributed by atoms with Gasteiger partial charge in [0.25, 0.3) is 0 Å². The zero-order valence-electron chi connectivity index (χ0n) is 8.11. The molecule has 0 aliphatic rings. The molecule has 4 N–H and O–H groups in total. The summed E-state index contributed by atoms with van der Waals surface area (Å²) in [6, 6.07) is 1.98. The first-order chi connectivity index (χ1) is 6.43. The van der Waals surface area contributed by atoms with Crippen molar-refractivity contribution in [2.75, 3.05) is 0 Å². The number of hydrogen-bond donors (Lipinski definition) is 3. The van der Waals surface area contributed by atoms with Crippen LogP contribution in [0, 0.1) is 13.8 Å². The van der Waals surface area contributed by atoms with Crippen LogP contribution in [0.5, 0.6) is 5.75 Å². The van der Waals surface area contributed by atoms with Crippen LogP contribution in [0.3, 0.4) is 0 Å². The van der Waals surface area contributed by atoms with Crippen LogP contribution < -0.4 is 5.73 Å². The monoisotopic (exact) mass is 195 g/mol. The van der Waals surface area contributed by atoms with E-state index in [4.69, 9.17) is 10.8 Å². The van der Waals surface area contributed by atoms with Crippen LogP contribution in [0.1, 0.15) is 22.7 Å².